The van der Waals surface area contributed by atoms with Crippen LogP contribution in [0.1, 0.15) is 46.9 Å². The molecule has 32 heavy (non-hydrogen) atoms. The summed E-state index contributed by atoms with van der Waals surface area (Å²) in [5.74, 6) is -1.58. The molecule has 1 amide bonds. The highest BCUT2D eigenvalue weighted by atomic mass is 79.9. The number of aliphatic hydroxyl groups excluding tert-OH is 1. The Morgan fingerprint density at radius 2 is 1.81 bits per heavy atom. The van der Waals surface area contributed by atoms with Gasteiger partial charge in [-0.25, -0.2) is 13.2 Å². The van der Waals surface area contributed by atoms with E-state index in [1.54, 1.807) is 6.07 Å². The van der Waals surface area contributed by atoms with Crippen LogP contribution in [0.25, 0.3) is 0 Å². The lowest BCUT2D eigenvalue weighted by atomic mass is 10.0. The quantitative estimate of drug-likeness (QED) is 0.553. The van der Waals surface area contributed by atoms with Crippen LogP contribution in [0, 0.1) is 5.92 Å². The molecule has 0 bridgehead atoms. The van der Waals surface area contributed by atoms with Gasteiger partial charge in [0.05, 0.1) is 28.3 Å². The molecule has 1 aliphatic carbocycles. The van der Waals surface area contributed by atoms with Crippen LogP contribution < -0.4 is 5.32 Å². The van der Waals surface area contributed by atoms with Gasteiger partial charge in [0.2, 0.25) is 10.0 Å². The van der Waals surface area contributed by atoms with E-state index in [9.17, 15) is 28.2 Å². The molecule has 0 aromatic heterocycles. The van der Waals surface area contributed by atoms with E-state index in [-0.39, 0.29) is 33.7 Å². The highest BCUT2D eigenvalue weighted by Gasteiger charge is 2.51. The van der Waals surface area contributed by atoms with Crippen molar-refractivity contribution in [1.82, 2.24) is 4.31 Å². The Balaban J connectivity index is 1.56. The predicted molar refractivity (Wildman–Crippen MR) is 121 cm³/mol. The summed E-state index contributed by atoms with van der Waals surface area (Å²) in [6.07, 6.45) is 1.47. The summed E-state index contributed by atoms with van der Waals surface area (Å²) in [6, 6.07) is 9.37. The monoisotopic (exact) mass is 522 g/mol. The first-order valence-corrected chi connectivity index (χ1v) is 12.5. The van der Waals surface area contributed by atoms with Crippen molar-refractivity contribution < 1.29 is 28.2 Å². The van der Waals surface area contributed by atoms with Crippen molar-refractivity contribution in [1.29, 1.82) is 0 Å². The van der Waals surface area contributed by atoms with Crippen molar-refractivity contribution in [3.05, 3.63) is 58.1 Å². The molecular weight excluding hydrogens is 500 g/mol. The van der Waals surface area contributed by atoms with Crippen LogP contribution in [-0.4, -0.2) is 53.0 Å². The zero-order chi connectivity index (χ0) is 23.2. The third-order valence-corrected chi connectivity index (χ3v) is 8.75. The Kier molecular flexibility index (Phi) is 6.15. The fourth-order valence-electron chi connectivity index (χ4n) is 4.81. The number of nitrogens with zero attached hydrogens (tertiary/aromatic N) is 1. The predicted octanol–water partition coefficient (Wildman–Crippen LogP) is 3.32. The van der Waals surface area contributed by atoms with E-state index in [1.165, 1.54) is 40.7 Å². The van der Waals surface area contributed by atoms with Crippen LogP contribution in [-0.2, 0) is 10.0 Å². The zero-order valence-electron chi connectivity index (χ0n) is 17.2. The van der Waals surface area contributed by atoms with Crippen LogP contribution in [0.15, 0.2) is 51.8 Å². The summed E-state index contributed by atoms with van der Waals surface area (Å²) in [6.45, 7) is 1.85. The second-order valence-electron chi connectivity index (χ2n) is 8.29. The minimum Gasteiger partial charge on any atom is -0.478 e. The Morgan fingerprint density at radius 3 is 2.47 bits per heavy atom. The number of hydrogen-bond acceptors (Lipinski definition) is 5. The third-order valence-electron chi connectivity index (χ3n) is 6.23. The van der Waals surface area contributed by atoms with E-state index in [2.05, 4.69) is 21.2 Å². The Labute approximate surface area is 194 Å². The standard InChI is InChI=1S/C22H23BrN2O6S/c1-12-10-14-4-9-19(26)20(14)25(12)32(30,31)16-6-2-13(3-7-16)21(27)24-18-8-5-15(23)11-17(18)22(28)29/h2-3,5-8,11-12,14,19-20,26H,4,9-10H2,1H3,(H,24,27)(H,28,29). The zero-order valence-corrected chi connectivity index (χ0v) is 19.6. The van der Waals surface area contributed by atoms with E-state index in [1.807, 2.05) is 6.92 Å². The van der Waals surface area contributed by atoms with E-state index in [0.29, 0.717) is 10.9 Å². The van der Waals surface area contributed by atoms with Crippen molar-refractivity contribution in [2.24, 2.45) is 5.92 Å². The van der Waals surface area contributed by atoms with Gasteiger partial charge in [0.25, 0.3) is 5.91 Å². The van der Waals surface area contributed by atoms with Crippen molar-refractivity contribution in [3.8, 4) is 0 Å². The first-order chi connectivity index (χ1) is 15.1. The lowest BCUT2D eigenvalue weighted by Crippen LogP contribution is -2.45. The van der Waals surface area contributed by atoms with Crippen LogP contribution >= 0.6 is 15.9 Å². The van der Waals surface area contributed by atoms with Gasteiger partial charge in [-0.1, -0.05) is 15.9 Å². The number of fused-ring (bicyclic) bond motifs is 1. The largest absolute Gasteiger partial charge is 0.478 e. The molecule has 1 saturated heterocycles. The van der Waals surface area contributed by atoms with Gasteiger partial charge in [0, 0.05) is 16.1 Å². The molecule has 8 nitrogen and oxygen atoms in total. The average molecular weight is 523 g/mol. The molecule has 10 heteroatoms. The minimum atomic E-state index is -3.84. The van der Waals surface area contributed by atoms with Gasteiger partial charge in [-0.05, 0) is 74.6 Å². The average Bonchev–Trinajstić information content (AvgIpc) is 3.27. The number of benzene rings is 2. The molecule has 1 saturated carbocycles. The first-order valence-electron chi connectivity index (χ1n) is 10.3. The fourth-order valence-corrected chi connectivity index (χ4v) is 7.08. The number of aliphatic hydroxyl groups is 1. The summed E-state index contributed by atoms with van der Waals surface area (Å²) in [5.41, 5.74) is 0.255. The molecule has 4 atom stereocenters. The first kappa shape index (κ1) is 22.9. The van der Waals surface area contributed by atoms with Crippen molar-refractivity contribution in [2.75, 3.05) is 5.32 Å². The van der Waals surface area contributed by atoms with Gasteiger partial charge >= 0.3 is 5.97 Å². The smallest absolute Gasteiger partial charge is 0.337 e. The van der Waals surface area contributed by atoms with Crippen molar-refractivity contribution in [2.45, 2.75) is 49.3 Å². The number of carbonyl (C=O) groups is 2. The fraction of sp³-hybridized carbons (Fsp3) is 0.364. The maximum absolute atomic E-state index is 13.3. The lowest BCUT2D eigenvalue weighted by Gasteiger charge is -2.29. The Bertz CT molecular complexity index is 1170. The van der Waals surface area contributed by atoms with Crippen LogP contribution in [0.5, 0.6) is 0 Å². The molecule has 2 fully saturated rings. The number of carbonyl (C=O) groups excluding carboxylic acids is 1. The molecule has 2 aliphatic rings. The number of carboxylic acid groups (broad SMARTS) is 1. The number of aromatic carboxylic acids is 1. The number of hydrogen-bond donors (Lipinski definition) is 3. The van der Waals surface area contributed by atoms with Crippen LogP contribution in [0.3, 0.4) is 0 Å². The number of amides is 1. The number of halogens is 1. The molecule has 1 aliphatic heterocycles. The summed E-state index contributed by atoms with van der Waals surface area (Å²) < 4.78 is 28.6. The summed E-state index contributed by atoms with van der Waals surface area (Å²) in [5, 5.41) is 22.2. The Hall–Kier alpha value is -2.27. The van der Waals surface area contributed by atoms with Gasteiger partial charge in [-0.3, -0.25) is 4.79 Å². The minimum absolute atomic E-state index is 0.0514. The van der Waals surface area contributed by atoms with Gasteiger partial charge < -0.3 is 15.5 Å². The second-order valence-corrected chi connectivity index (χ2v) is 11.0. The number of sulfonamides is 1. The highest BCUT2D eigenvalue weighted by Crippen LogP contribution is 2.44. The molecular formula is C22H23BrN2O6S. The number of anilines is 1. The van der Waals surface area contributed by atoms with Gasteiger partial charge in [0.15, 0.2) is 0 Å². The molecule has 3 N–H and O–H groups in total. The van der Waals surface area contributed by atoms with E-state index in [0.717, 1.165) is 12.8 Å². The molecule has 0 spiro atoms. The van der Waals surface area contributed by atoms with Crippen molar-refractivity contribution >= 4 is 43.5 Å². The van der Waals surface area contributed by atoms with E-state index in [4.69, 9.17) is 0 Å². The van der Waals surface area contributed by atoms with E-state index < -0.39 is 34.0 Å². The van der Waals surface area contributed by atoms with Gasteiger partial charge in [0.1, 0.15) is 0 Å². The second kappa shape index (κ2) is 8.58. The molecule has 2 aromatic carbocycles. The normalized spacial score (nSPS) is 25.5. The third kappa shape index (κ3) is 4.07. The highest BCUT2D eigenvalue weighted by molar-refractivity contribution is 9.10. The molecule has 0 radical (unpaired) electrons. The lowest BCUT2D eigenvalue weighted by molar-refractivity contribution is 0.0698. The molecule has 4 rings (SSSR count). The summed E-state index contributed by atoms with van der Waals surface area (Å²) >= 11 is 3.20. The maximum Gasteiger partial charge on any atom is 0.337 e. The molecule has 170 valence electrons. The van der Waals surface area contributed by atoms with Crippen molar-refractivity contribution in [3.63, 3.8) is 0 Å². The van der Waals surface area contributed by atoms with Gasteiger partial charge in [-0.2, -0.15) is 4.31 Å². The van der Waals surface area contributed by atoms with Crippen LogP contribution in [0.2, 0.25) is 0 Å². The molecule has 2 aromatic rings. The van der Waals surface area contributed by atoms with E-state index >= 15 is 0 Å². The maximum atomic E-state index is 13.3. The Morgan fingerprint density at radius 1 is 1.12 bits per heavy atom. The number of rotatable bonds is 5. The van der Waals surface area contributed by atoms with Crippen LogP contribution in [0.4, 0.5) is 5.69 Å². The molecule has 4 unspecified atom stereocenters. The molecule has 1 heterocycles. The summed E-state index contributed by atoms with van der Waals surface area (Å²) in [7, 11) is -3.84. The SMILES string of the molecule is CC1CC2CCC(O)C2N1S(=O)(=O)c1ccc(C(=O)Nc2ccc(Br)cc2C(=O)O)cc1. The number of carboxylic acids is 1. The number of nitrogens with one attached hydrogen (secondary N) is 1. The van der Waals surface area contributed by atoms with Gasteiger partial charge in [-0.15, -0.1) is 0 Å². The summed E-state index contributed by atoms with van der Waals surface area (Å²) in [4.78, 5) is 24.1. The topological polar surface area (TPSA) is 124 Å².